The summed E-state index contributed by atoms with van der Waals surface area (Å²) < 4.78 is 0. The van der Waals surface area contributed by atoms with Gasteiger partial charge in [-0.05, 0) is 6.92 Å². The molecule has 0 radical (unpaired) electrons. The number of likely N-dealkylation sites (tertiary alicyclic amines) is 1. The number of carbonyl (C=O) groups is 2. The Morgan fingerprint density at radius 3 is 2.55 bits per heavy atom. The minimum Gasteiger partial charge on any atom is -0.351 e. The van der Waals surface area contributed by atoms with Crippen molar-refractivity contribution in [3.8, 4) is 0 Å². The van der Waals surface area contributed by atoms with Gasteiger partial charge in [-0.3, -0.25) is 14.6 Å². The van der Waals surface area contributed by atoms with Gasteiger partial charge in [0.25, 0.3) is 5.56 Å². The van der Waals surface area contributed by atoms with Crippen LogP contribution in [0.2, 0.25) is 0 Å². The molecule has 0 aliphatic carbocycles. The molecule has 2 heterocycles. The fraction of sp³-hybridized carbons (Fsp3) is 0.455. The number of urea groups is 1. The Morgan fingerprint density at radius 1 is 1.35 bits per heavy atom. The van der Waals surface area contributed by atoms with E-state index in [1.54, 1.807) is 6.92 Å². The first kappa shape index (κ1) is 13.8. The lowest BCUT2D eigenvalue weighted by Gasteiger charge is -2.38. The van der Waals surface area contributed by atoms with E-state index in [4.69, 9.17) is 5.73 Å². The fourth-order valence-electron chi connectivity index (χ4n) is 2.03. The number of aromatic amines is 2. The Morgan fingerprint density at radius 2 is 2.00 bits per heavy atom. The van der Waals surface area contributed by atoms with Gasteiger partial charge in [-0.2, -0.15) is 0 Å². The molecule has 9 nitrogen and oxygen atoms in total. The zero-order valence-corrected chi connectivity index (χ0v) is 10.9. The summed E-state index contributed by atoms with van der Waals surface area (Å²) >= 11 is 0. The zero-order chi connectivity index (χ0) is 14.9. The van der Waals surface area contributed by atoms with Gasteiger partial charge in [0, 0.05) is 24.3 Å². The highest BCUT2D eigenvalue weighted by molar-refractivity contribution is 5.80. The Bertz CT molecular complexity index is 656. The molecule has 0 unspecified atom stereocenters. The van der Waals surface area contributed by atoms with Crippen LogP contribution in [-0.4, -0.2) is 45.9 Å². The maximum atomic E-state index is 11.8. The summed E-state index contributed by atoms with van der Waals surface area (Å²) in [5, 5.41) is 2.69. The SMILES string of the molecule is Cc1[nH]c(=O)[nH]c(=O)c1CC(=O)NC1CN(C(N)=O)C1. The molecule has 1 saturated heterocycles. The van der Waals surface area contributed by atoms with Gasteiger partial charge < -0.3 is 20.9 Å². The number of hydrogen-bond donors (Lipinski definition) is 4. The van der Waals surface area contributed by atoms with Gasteiger partial charge in [0.05, 0.1) is 12.5 Å². The van der Waals surface area contributed by atoms with Gasteiger partial charge in [0.1, 0.15) is 0 Å². The van der Waals surface area contributed by atoms with Gasteiger partial charge in [-0.25, -0.2) is 9.59 Å². The average molecular weight is 281 g/mol. The third-order valence-electron chi connectivity index (χ3n) is 3.15. The van der Waals surface area contributed by atoms with E-state index >= 15 is 0 Å². The monoisotopic (exact) mass is 281 g/mol. The summed E-state index contributed by atoms with van der Waals surface area (Å²) in [6.45, 7) is 2.28. The van der Waals surface area contributed by atoms with Gasteiger partial charge >= 0.3 is 11.7 Å². The Balaban J connectivity index is 1.95. The second kappa shape index (κ2) is 5.19. The lowest BCUT2D eigenvalue weighted by atomic mass is 10.1. The number of nitrogens with zero attached hydrogens (tertiary/aromatic N) is 1. The number of hydrogen-bond acceptors (Lipinski definition) is 4. The van der Waals surface area contributed by atoms with Crippen molar-refractivity contribution >= 4 is 11.9 Å². The number of H-pyrrole nitrogens is 2. The summed E-state index contributed by atoms with van der Waals surface area (Å²) in [5.74, 6) is -0.347. The molecule has 0 saturated carbocycles. The van der Waals surface area contributed by atoms with Gasteiger partial charge in [-0.15, -0.1) is 0 Å². The van der Waals surface area contributed by atoms with Crippen LogP contribution in [0.25, 0.3) is 0 Å². The molecule has 5 N–H and O–H groups in total. The highest BCUT2D eigenvalue weighted by Gasteiger charge is 2.30. The van der Waals surface area contributed by atoms with Crippen LogP contribution in [-0.2, 0) is 11.2 Å². The van der Waals surface area contributed by atoms with Crippen molar-refractivity contribution in [2.75, 3.05) is 13.1 Å². The topological polar surface area (TPSA) is 141 Å². The van der Waals surface area contributed by atoms with Gasteiger partial charge in [0.2, 0.25) is 5.91 Å². The molecule has 0 bridgehead atoms. The Labute approximate surface area is 113 Å². The highest BCUT2D eigenvalue weighted by atomic mass is 16.2. The van der Waals surface area contributed by atoms with Crippen molar-refractivity contribution in [1.29, 1.82) is 0 Å². The summed E-state index contributed by atoms with van der Waals surface area (Å²) in [7, 11) is 0. The quantitative estimate of drug-likeness (QED) is 0.498. The van der Waals surface area contributed by atoms with Gasteiger partial charge in [0.15, 0.2) is 0 Å². The van der Waals surface area contributed by atoms with E-state index in [0.717, 1.165) is 0 Å². The first-order chi connectivity index (χ1) is 9.36. The fourth-order valence-corrected chi connectivity index (χ4v) is 2.03. The number of nitrogens with two attached hydrogens (primary N) is 1. The first-order valence-electron chi connectivity index (χ1n) is 6.02. The number of aryl methyl sites for hydroxylation is 1. The van der Waals surface area contributed by atoms with E-state index in [9.17, 15) is 19.2 Å². The molecule has 9 heteroatoms. The molecule has 1 aliphatic rings. The van der Waals surface area contributed by atoms with Crippen LogP contribution >= 0.6 is 0 Å². The van der Waals surface area contributed by atoms with Crippen LogP contribution in [0.1, 0.15) is 11.3 Å². The number of carbonyl (C=O) groups excluding carboxylic acids is 2. The maximum Gasteiger partial charge on any atom is 0.325 e. The smallest absolute Gasteiger partial charge is 0.325 e. The van der Waals surface area contributed by atoms with Crippen LogP contribution in [0.15, 0.2) is 9.59 Å². The normalized spacial score (nSPS) is 14.8. The van der Waals surface area contributed by atoms with Crippen molar-refractivity contribution < 1.29 is 9.59 Å². The second-order valence-corrected chi connectivity index (χ2v) is 4.70. The van der Waals surface area contributed by atoms with Crippen LogP contribution in [0, 0.1) is 6.92 Å². The summed E-state index contributed by atoms with van der Waals surface area (Å²) in [6.07, 6.45) is -0.134. The molecular weight excluding hydrogens is 266 g/mol. The molecule has 1 fully saturated rings. The number of amides is 3. The van der Waals surface area contributed by atoms with Crippen molar-refractivity contribution in [1.82, 2.24) is 20.2 Å². The summed E-state index contributed by atoms with van der Waals surface area (Å²) in [5.41, 5.74) is 4.46. The van der Waals surface area contributed by atoms with Crippen LogP contribution in [0.4, 0.5) is 4.79 Å². The van der Waals surface area contributed by atoms with E-state index in [-0.39, 0.29) is 23.9 Å². The van der Waals surface area contributed by atoms with Crippen LogP contribution in [0.5, 0.6) is 0 Å². The molecule has 2 rings (SSSR count). The highest BCUT2D eigenvalue weighted by Crippen LogP contribution is 2.07. The van der Waals surface area contributed by atoms with Crippen LogP contribution < -0.4 is 22.3 Å². The summed E-state index contributed by atoms with van der Waals surface area (Å²) in [6, 6.07) is -0.680. The lowest BCUT2D eigenvalue weighted by molar-refractivity contribution is -0.122. The molecule has 3 amide bonds. The Hall–Kier alpha value is -2.58. The number of rotatable bonds is 3. The van der Waals surface area contributed by atoms with Gasteiger partial charge in [-0.1, -0.05) is 0 Å². The minimum absolute atomic E-state index is 0.134. The molecule has 1 aromatic rings. The predicted molar refractivity (Wildman–Crippen MR) is 69.2 cm³/mol. The average Bonchev–Trinajstić information content (AvgIpc) is 2.27. The third-order valence-corrected chi connectivity index (χ3v) is 3.15. The lowest BCUT2D eigenvalue weighted by Crippen LogP contribution is -2.62. The van der Waals surface area contributed by atoms with E-state index < -0.39 is 17.3 Å². The van der Waals surface area contributed by atoms with Crippen molar-refractivity contribution in [2.24, 2.45) is 5.73 Å². The first-order valence-corrected chi connectivity index (χ1v) is 6.02. The number of primary amides is 1. The largest absolute Gasteiger partial charge is 0.351 e. The maximum absolute atomic E-state index is 11.8. The van der Waals surface area contributed by atoms with E-state index in [1.165, 1.54) is 4.90 Å². The zero-order valence-electron chi connectivity index (χ0n) is 10.9. The molecule has 0 atom stereocenters. The molecule has 0 spiro atoms. The van der Waals surface area contributed by atoms with Crippen molar-refractivity contribution in [3.63, 3.8) is 0 Å². The van der Waals surface area contributed by atoms with Crippen LogP contribution in [0.3, 0.4) is 0 Å². The molecule has 1 aromatic heterocycles. The van der Waals surface area contributed by atoms with Crippen molar-refractivity contribution in [3.05, 3.63) is 32.1 Å². The standard InChI is InChI=1S/C11H15N5O4/c1-5-7(9(18)15-11(20)13-5)2-8(17)14-6-3-16(4-6)10(12)19/h6H,2-4H2,1H3,(H2,12,19)(H,14,17)(H2,13,15,18,20). The third kappa shape index (κ3) is 2.87. The van der Waals surface area contributed by atoms with Crippen molar-refractivity contribution in [2.45, 2.75) is 19.4 Å². The molecule has 108 valence electrons. The molecule has 1 aliphatic heterocycles. The second-order valence-electron chi connectivity index (χ2n) is 4.70. The van der Waals surface area contributed by atoms with E-state index in [2.05, 4.69) is 15.3 Å². The predicted octanol–water partition coefficient (Wildman–Crippen LogP) is -2.21. The molecular formula is C11H15N5O4. The minimum atomic E-state index is -0.604. The summed E-state index contributed by atoms with van der Waals surface area (Å²) in [4.78, 5) is 51.1. The molecule has 0 aromatic carbocycles. The van der Waals surface area contributed by atoms with E-state index in [0.29, 0.717) is 18.8 Å². The molecule has 20 heavy (non-hydrogen) atoms. The number of aromatic nitrogens is 2. The number of nitrogens with one attached hydrogen (secondary N) is 3. The van der Waals surface area contributed by atoms with E-state index in [1.807, 2.05) is 0 Å². The Kier molecular flexibility index (Phi) is 3.59.